The summed E-state index contributed by atoms with van der Waals surface area (Å²) in [5.41, 5.74) is 11.5. The van der Waals surface area contributed by atoms with Crippen LogP contribution in [-0.4, -0.2) is 85.3 Å². The molecule has 1 aromatic heterocycles. The zero-order valence-electron chi connectivity index (χ0n) is 19.8. The number of thioether (sulfide) groups is 1. The van der Waals surface area contributed by atoms with Gasteiger partial charge >= 0.3 is 11.9 Å². The lowest BCUT2D eigenvalue weighted by atomic mass is 9.97. The normalized spacial score (nSPS) is 13.3. The number of nitrogens with one attached hydrogen (secondary N) is 2. The maximum absolute atomic E-state index is 13.0. The second kappa shape index (κ2) is 15.6. The number of Topliss-reactive ketones (excluding diaryl/α,β-unsaturated/α-hetero) is 1. The molecule has 0 aliphatic rings. The minimum absolute atomic E-state index is 0.0659. The van der Waals surface area contributed by atoms with Crippen molar-refractivity contribution in [1.82, 2.24) is 20.2 Å². The van der Waals surface area contributed by atoms with Crippen LogP contribution in [0.1, 0.15) is 31.4 Å². The van der Waals surface area contributed by atoms with E-state index in [1.54, 1.807) is 24.1 Å². The number of imidazole rings is 1. The largest absolute Gasteiger partial charge is 0.480 e. The van der Waals surface area contributed by atoms with Crippen LogP contribution >= 0.6 is 11.8 Å². The highest BCUT2D eigenvalue weighted by molar-refractivity contribution is 8.13. The second-order valence-electron chi connectivity index (χ2n) is 8.02. The molecule has 2 amide bonds. The van der Waals surface area contributed by atoms with Gasteiger partial charge in [-0.15, -0.1) is 0 Å². The number of amides is 2. The Balaban J connectivity index is 2.90. The van der Waals surface area contributed by atoms with E-state index in [-0.39, 0.29) is 50.2 Å². The average molecular weight is 529 g/mol. The summed E-state index contributed by atoms with van der Waals surface area (Å²) in [6, 6.07) is -2.56. The molecule has 2 unspecified atom stereocenters. The van der Waals surface area contributed by atoms with Crippen LogP contribution in [-0.2, 0) is 42.2 Å². The van der Waals surface area contributed by atoms with E-state index in [1.807, 2.05) is 0 Å². The number of carbonyl (C=O) groups excluding carboxylic acids is 4. The van der Waals surface area contributed by atoms with Crippen LogP contribution in [0.3, 0.4) is 0 Å². The summed E-state index contributed by atoms with van der Waals surface area (Å²) in [6.45, 7) is -0.563. The lowest BCUT2D eigenvalue weighted by Crippen LogP contribution is -2.49. The van der Waals surface area contributed by atoms with Gasteiger partial charge in [0.25, 0.3) is 0 Å². The molecule has 200 valence electrons. The highest BCUT2D eigenvalue weighted by Crippen LogP contribution is 2.21. The van der Waals surface area contributed by atoms with Gasteiger partial charge in [-0.2, -0.15) is 0 Å². The number of nitrogens with two attached hydrogens (primary N) is 2. The SMILES string of the molecule is Cn1cncc1C[C@H](CC(=O)CCN)C(=O)SCC(NC(=O)CCC(N)C(=O)O)C(=O)NCC(=O)O. The Morgan fingerprint density at radius 1 is 1.17 bits per heavy atom. The van der Waals surface area contributed by atoms with Crippen molar-refractivity contribution in [2.24, 2.45) is 24.4 Å². The molecule has 0 saturated heterocycles. The van der Waals surface area contributed by atoms with Crippen LogP contribution in [0.5, 0.6) is 0 Å². The van der Waals surface area contributed by atoms with Crippen LogP contribution < -0.4 is 22.1 Å². The number of aromatic nitrogens is 2. The number of carbonyl (C=O) groups is 6. The molecule has 0 saturated carbocycles. The monoisotopic (exact) mass is 528 g/mol. The molecule has 0 radical (unpaired) electrons. The summed E-state index contributed by atoms with van der Waals surface area (Å²) in [6.07, 6.45) is 2.90. The van der Waals surface area contributed by atoms with Crippen LogP contribution in [0.15, 0.2) is 12.5 Å². The van der Waals surface area contributed by atoms with E-state index >= 15 is 0 Å². The van der Waals surface area contributed by atoms with Gasteiger partial charge in [-0.1, -0.05) is 11.8 Å². The standard InChI is InChI=1S/C21H32N6O8S/c1-27-11-24-8-13(27)6-12(7-14(28)4-5-22)21(35)36-10-16(19(32)25-9-18(30)31)26-17(29)3-2-15(23)20(33)34/h8,11-12,15-16H,2-7,9-10,22-23H2,1H3,(H,25,32)(H,26,29)(H,30,31)(H,33,34)/t12-,15?,16?/m1/s1. The van der Waals surface area contributed by atoms with Crippen LogP contribution in [0.4, 0.5) is 0 Å². The summed E-state index contributed by atoms with van der Waals surface area (Å²) >= 11 is 0.720. The fourth-order valence-corrected chi connectivity index (χ4v) is 4.01. The van der Waals surface area contributed by atoms with Gasteiger partial charge in [-0.25, -0.2) is 4.98 Å². The van der Waals surface area contributed by atoms with Crippen molar-refractivity contribution in [1.29, 1.82) is 0 Å². The number of aryl methyl sites for hydroxylation is 1. The van der Waals surface area contributed by atoms with Gasteiger partial charge in [0.05, 0.1) is 6.33 Å². The van der Waals surface area contributed by atoms with Crippen molar-refractivity contribution in [2.75, 3.05) is 18.8 Å². The second-order valence-corrected chi connectivity index (χ2v) is 9.05. The molecule has 0 spiro atoms. The van der Waals surface area contributed by atoms with Crippen LogP contribution in [0.2, 0.25) is 0 Å². The molecule has 3 atom stereocenters. The maximum atomic E-state index is 13.0. The highest BCUT2D eigenvalue weighted by Gasteiger charge is 2.28. The number of hydrogen-bond donors (Lipinski definition) is 6. The topological polar surface area (TPSA) is 237 Å². The average Bonchev–Trinajstić information content (AvgIpc) is 3.22. The number of nitrogens with zero attached hydrogens (tertiary/aromatic N) is 2. The summed E-state index contributed by atoms with van der Waals surface area (Å²) in [7, 11) is 1.74. The Bertz CT molecular complexity index is 953. The third kappa shape index (κ3) is 11.4. The molecule has 8 N–H and O–H groups in total. The minimum atomic E-state index is -1.31. The predicted molar refractivity (Wildman–Crippen MR) is 129 cm³/mol. The number of hydrogen-bond acceptors (Lipinski definition) is 10. The zero-order chi connectivity index (χ0) is 27.3. The van der Waals surface area contributed by atoms with Crippen molar-refractivity contribution >= 4 is 46.4 Å². The summed E-state index contributed by atoms with van der Waals surface area (Å²) in [5, 5.41) is 21.8. The lowest BCUT2D eigenvalue weighted by molar-refractivity contribution is -0.139. The van der Waals surface area contributed by atoms with E-state index in [0.29, 0.717) is 5.69 Å². The molecule has 0 aliphatic heterocycles. The molecule has 0 fully saturated rings. The third-order valence-corrected chi connectivity index (χ3v) is 6.18. The molecule has 15 heteroatoms. The summed E-state index contributed by atoms with van der Waals surface area (Å²) < 4.78 is 1.71. The first kappa shape index (κ1) is 30.7. The third-order valence-electron chi connectivity index (χ3n) is 5.06. The van der Waals surface area contributed by atoms with E-state index in [4.69, 9.17) is 21.7 Å². The van der Waals surface area contributed by atoms with Crippen molar-refractivity contribution in [2.45, 2.75) is 44.2 Å². The number of ketones is 1. The Hall–Kier alpha value is -3.30. The summed E-state index contributed by atoms with van der Waals surface area (Å²) in [4.78, 5) is 75.6. The number of aliphatic carboxylic acids is 2. The molecule has 1 aromatic rings. The quantitative estimate of drug-likeness (QED) is 0.129. The number of rotatable bonds is 17. The van der Waals surface area contributed by atoms with Crippen molar-refractivity contribution in [3.8, 4) is 0 Å². The first-order chi connectivity index (χ1) is 16.9. The number of carboxylic acids is 2. The zero-order valence-corrected chi connectivity index (χ0v) is 20.7. The molecular formula is C21H32N6O8S. The first-order valence-corrected chi connectivity index (χ1v) is 12.0. The van der Waals surface area contributed by atoms with E-state index in [2.05, 4.69) is 15.6 Å². The van der Waals surface area contributed by atoms with Crippen molar-refractivity contribution in [3.05, 3.63) is 18.2 Å². The smallest absolute Gasteiger partial charge is 0.322 e. The molecule has 14 nitrogen and oxygen atoms in total. The first-order valence-electron chi connectivity index (χ1n) is 11.0. The van der Waals surface area contributed by atoms with Gasteiger partial charge in [0.15, 0.2) is 5.12 Å². The molecule has 36 heavy (non-hydrogen) atoms. The fourth-order valence-electron chi connectivity index (χ4n) is 3.04. The van der Waals surface area contributed by atoms with E-state index in [1.165, 1.54) is 0 Å². The van der Waals surface area contributed by atoms with Gasteiger partial charge in [0.2, 0.25) is 11.8 Å². The number of carboxylic acid groups (broad SMARTS) is 2. The molecule has 0 bridgehead atoms. The maximum Gasteiger partial charge on any atom is 0.322 e. The van der Waals surface area contributed by atoms with E-state index < -0.39 is 53.4 Å². The van der Waals surface area contributed by atoms with Gasteiger partial charge in [-0.05, 0) is 13.0 Å². The molecule has 0 aromatic carbocycles. The van der Waals surface area contributed by atoms with Crippen molar-refractivity contribution in [3.63, 3.8) is 0 Å². The lowest BCUT2D eigenvalue weighted by Gasteiger charge is -2.20. The van der Waals surface area contributed by atoms with Gasteiger partial charge in [0, 0.05) is 56.3 Å². The Kier molecular flexibility index (Phi) is 13.4. The summed E-state index contributed by atoms with van der Waals surface area (Å²) in [5.74, 6) is -5.30. The minimum Gasteiger partial charge on any atom is -0.480 e. The van der Waals surface area contributed by atoms with Crippen LogP contribution in [0.25, 0.3) is 0 Å². The van der Waals surface area contributed by atoms with E-state index in [9.17, 15) is 28.8 Å². The Morgan fingerprint density at radius 3 is 2.42 bits per heavy atom. The van der Waals surface area contributed by atoms with Gasteiger partial charge < -0.3 is 36.9 Å². The fraction of sp³-hybridized carbons (Fsp3) is 0.571. The molecule has 0 aliphatic carbocycles. The molecule has 1 rings (SSSR count). The molecular weight excluding hydrogens is 496 g/mol. The van der Waals surface area contributed by atoms with Crippen molar-refractivity contribution < 1.29 is 39.0 Å². The van der Waals surface area contributed by atoms with Crippen LogP contribution in [0, 0.1) is 5.92 Å². The van der Waals surface area contributed by atoms with Gasteiger partial charge in [0.1, 0.15) is 24.4 Å². The Morgan fingerprint density at radius 2 is 1.86 bits per heavy atom. The highest BCUT2D eigenvalue weighted by atomic mass is 32.2. The predicted octanol–water partition coefficient (Wildman–Crippen LogP) is -1.98. The molecule has 1 heterocycles. The van der Waals surface area contributed by atoms with E-state index in [0.717, 1.165) is 11.8 Å². The Labute approximate surface area is 211 Å². The van der Waals surface area contributed by atoms with Gasteiger partial charge in [-0.3, -0.25) is 28.8 Å².